The summed E-state index contributed by atoms with van der Waals surface area (Å²) in [7, 11) is 0. The van der Waals surface area contributed by atoms with Gasteiger partial charge in [-0.15, -0.1) is 0 Å². The number of carbonyl (C=O) groups is 1. The quantitative estimate of drug-likeness (QED) is 0.445. The molecule has 4 N–H and O–H groups in total. The molecule has 0 aromatic heterocycles. The SMILES string of the molecule is NC1CC2(CCOCC2)N(O)C2(CCOCC2)C1.O=C1CC2(CCOCC2)N(O)C2(CCOCC2)C1. The van der Waals surface area contributed by atoms with Gasteiger partial charge in [-0.3, -0.25) is 4.79 Å². The minimum Gasteiger partial charge on any atom is -0.381 e. The van der Waals surface area contributed by atoms with Crippen molar-refractivity contribution in [2.24, 2.45) is 5.73 Å². The average molecular weight is 512 g/mol. The van der Waals surface area contributed by atoms with E-state index in [1.165, 1.54) is 5.06 Å². The third-order valence-corrected chi connectivity index (χ3v) is 9.83. The Kier molecular flexibility index (Phi) is 8.09. The first kappa shape index (κ1) is 26.9. The predicted molar refractivity (Wildman–Crippen MR) is 130 cm³/mol. The van der Waals surface area contributed by atoms with E-state index < -0.39 is 0 Å². The maximum Gasteiger partial charge on any atom is 0.136 e. The molecule has 10 heteroatoms. The number of hydroxylamine groups is 4. The summed E-state index contributed by atoms with van der Waals surface area (Å²) >= 11 is 0. The lowest BCUT2D eigenvalue weighted by atomic mass is 9.69. The number of hydrogen-bond donors (Lipinski definition) is 3. The van der Waals surface area contributed by atoms with Gasteiger partial charge in [0.1, 0.15) is 5.78 Å². The highest BCUT2D eigenvalue weighted by atomic mass is 16.5. The number of Topliss-reactive ketones (excluding diaryl/α,β-unsaturated/α-hetero) is 1. The fourth-order valence-electron chi connectivity index (χ4n) is 7.79. The summed E-state index contributed by atoms with van der Waals surface area (Å²) in [6.07, 6.45) is 9.25. The van der Waals surface area contributed by atoms with Crippen LogP contribution in [0.5, 0.6) is 0 Å². The van der Waals surface area contributed by atoms with Gasteiger partial charge < -0.3 is 35.1 Å². The molecule has 6 saturated heterocycles. The Bertz CT molecular complexity index is 699. The van der Waals surface area contributed by atoms with Gasteiger partial charge in [-0.2, -0.15) is 10.1 Å². The molecule has 0 saturated carbocycles. The highest BCUT2D eigenvalue weighted by Crippen LogP contribution is 2.47. The van der Waals surface area contributed by atoms with Gasteiger partial charge in [-0.05, 0) is 64.2 Å². The Morgan fingerprint density at radius 2 is 0.861 bits per heavy atom. The molecule has 0 radical (unpaired) electrons. The highest BCUT2D eigenvalue weighted by Gasteiger charge is 2.56. The van der Waals surface area contributed by atoms with Crippen molar-refractivity contribution in [1.29, 1.82) is 0 Å². The third-order valence-electron chi connectivity index (χ3n) is 9.83. The van der Waals surface area contributed by atoms with Crippen LogP contribution in [-0.2, 0) is 23.7 Å². The highest BCUT2D eigenvalue weighted by molar-refractivity contribution is 5.82. The van der Waals surface area contributed by atoms with E-state index in [2.05, 4.69) is 0 Å². The molecule has 0 unspecified atom stereocenters. The van der Waals surface area contributed by atoms with E-state index in [1.807, 2.05) is 0 Å². The summed E-state index contributed by atoms with van der Waals surface area (Å²) < 4.78 is 21.7. The molecule has 0 amide bonds. The van der Waals surface area contributed by atoms with Gasteiger partial charge in [0, 0.05) is 71.7 Å². The molecule has 206 valence electrons. The molecule has 4 spiro atoms. The maximum atomic E-state index is 12.1. The summed E-state index contributed by atoms with van der Waals surface area (Å²) in [5, 5.41) is 24.8. The molecule has 0 atom stereocenters. The van der Waals surface area contributed by atoms with E-state index in [4.69, 9.17) is 24.7 Å². The van der Waals surface area contributed by atoms with E-state index in [0.717, 1.165) is 90.6 Å². The molecule has 6 fully saturated rings. The van der Waals surface area contributed by atoms with Crippen molar-refractivity contribution in [2.75, 3.05) is 52.9 Å². The van der Waals surface area contributed by atoms with Crippen molar-refractivity contribution in [2.45, 2.75) is 105 Å². The van der Waals surface area contributed by atoms with Gasteiger partial charge in [0.2, 0.25) is 0 Å². The number of carbonyl (C=O) groups excluding carboxylic acids is 1. The predicted octanol–water partition coefficient (Wildman–Crippen LogP) is 2.04. The standard InChI is InChI=1S/C13H24N2O3.C13H21NO4/c14-11-9-12(1-5-17-6-2-12)15(16)13(10-11)3-7-18-8-4-13;15-11-9-12(1-5-17-6-2-12)14(16)13(10-11)3-7-18-8-4-13/h11,16H,1-10,14H2;16H,1-10H2. The van der Waals surface area contributed by atoms with Crippen molar-refractivity contribution >= 4 is 5.78 Å². The van der Waals surface area contributed by atoms with Crippen LogP contribution in [0.25, 0.3) is 0 Å². The van der Waals surface area contributed by atoms with E-state index in [9.17, 15) is 15.2 Å². The molecule has 36 heavy (non-hydrogen) atoms. The second kappa shape index (κ2) is 10.8. The number of ketones is 1. The maximum absolute atomic E-state index is 12.1. The summed E-state index contributed by atoms with van der Waals surface area (Å²) in [6, 6.07) is 0.185. The number of nitrogens with zero attached hydrogens (tertiary/aromatic N) is 2. The van der Waals surface area contributed by atoms with Crippen LogP contribution in [0.15, 0.2) is 0 Å². The summed E-state index contributed by atoms with van der Waals surface area (Å²) in [5.74, 6) is 0.282. The van der Waals surface area contributed by atoms with Crippen molar-refractivity contribution in [3.63, 3.8) is 0 Å². The monoisotopic (exact) mass is 511 g/mol. The number of ether oxygens (including phenoxy) is 4. The molecular weight excluding hydrogens is 466 g/mol. The van der Waals surface area contributed by atoms with E-state index >= 15 is 0 Å². The van der Waals surface area contributed by atoms with Crippen LogP contribution in [0, 0.1) is 0 Å². The Morgan fingerprint density at radius 3 is 1.19 bits per heavy atom. The second-order valence-electron chi connectivity index (χ2n) is 12.0. The van der Waals surface area contributed by atoms with Gasteiger partial charge in [0.15, 0.2) is 0 Å². The molecule has 6 aliphatic rings. The first-order valence-corrected chi connectivity index (χ1v) is 13.9. The van der Waals surface area contributed by atoms with E-state index in [1.54, 1.807) is 5.06 Å². The van der Waals surface area contributed by atoms with E-state index in [0.29, 0.717) is 39.3 Å². The van der Waals surface area contributed by atoms with Gasteiger partial charge in [0.05, 0.1) is 22.2 Å². The first-order chi connectivity index (χ1) is 17.3. The minimum absolute atomic E-state index is 0.159. The topological polar surface area (TPSA) is 127 Å². The van der Waals surface area contributed by atoms with Crippen LogP contribution < -0.4 is 5.73 Å². The summed E-state index contributed by atoms with van der Waals surface area (Å²) in [4.78, 5) is 12.1. The summed E-state index contributed by atoms with van der Waals surface area (Å²) in [5.41, 5.74) is 5.20. The van der Waals surface area contributed by atoms with Gasteiger partial charge in [-0.1, -0.05) is 0 Å². The fourth-order valence-corrected chi connectivity index (χ4v) is 7.79. The molecule has 0 aromatic carbocycles. The zero-order valence-electron chi connectivity index (χ0n) is 21.6. The number of nitrogens with two attached hydrogens (primary N) is 1. The van der Waals surface area contributed by atoms with Gasteiger partial charge >= 0.3 is 0 Å². The van der Waals surface area contributed by atoms with Crippen molar-refractivity contribution in [3.05, 3.63) is 0 Å². The van der Waals surface area contributed by atoms with Crippen molar-refractivity contribution < 1.29 is 34.2 Å². The Hall–Kier alpha value is -0.690. The molecule has 6 rings (SSSR count). The normalized spacial score (nSPS) is 34.0. The van der Waals surface area contributed by atoms with Crippen molar-refractivity contribution in [1.82, 2.24) is 10.1 Å². The lowest BCUT2D eigenvalue weighted by Crippen LogP contribution is -2.68. The third kappa shape index (κ3) is 5.01. The second-order valence-corrected chi connectivity index (χ2v) is 12.0. The number of hydrogen-bond acceptors (Lipinski definition) is 10. The lowest BCUT2D eigenvalue weighted by Gasteiger charge is -2.58. The van der Waals surface area contributed by atoms with Crippen LogP contribution in [-0.4, -0.2) is 107 Å². The average Bonchev–Trinajstić information content (AvgIpc) is 2.89. The summed E-state index contributed by atoms with van der Waals surface area (Å²) in [6.45, 7) is 5.47. The van der Waals surface area contributed by atoms with Gasteiger partial charge in [0.25, 0.3) is 0 Å². The lowest BCUT2D eigenvalue weighted by molar-refractivity contribution is -0.293. The van der Waals surface area contributed by atoms with Gasteiger partial charge in [-0.25, -0.2) is 0 Å². The first-order valence-electron chi connectivity index (χ1n) is 13.9. The largest absolute Gasteiger partial charge is 0.381 e. The molecule has 6 heterocycles. The van der Waals surface area contributed by atoms with E-state index in [-0.39, 0.29) is 34.0 Å². The van der Waals surface area contributed by atoms with Crippen LogP contribution in [0.1, 0.15) is 77.0 Å². The minimum atomic E-state index is -0.384. The number of piperidine rings is 2. The molecule has 6 aliphatic heterocycles. The number of rotatable bonds is 0. The van der Waals surface area contributed by atoms with Crippen LogP contribution in [0.4, 0.5) is 0 Å². The Balaban J connectivity index is 0.000000148. The van der Waals surface area contributed by atoms with Crippen LogP contribution >= 0.6 is 0 Å². The van der Waals surface area contributed by atoms with Crippen molar-refractivity contribution in [3.8, 4) is 0 Å². The fraction of sp³-hybridized carbons (Fsp3) is 0.962. The zero-order chi connectivity index (χ0) is 25.3. The van der Waals surface area contributed by atoms with Crippen LogP contribution in [0.3, 0.4) is 0 Å². The Morgan fingerprint density at radius 1 is 0.583 bits per heavy atom. The Labute approximate surface area is 214 Å². The molecule has 0 aromatic rings. The molecule has 0 aliphatic carbocycles. The zero-order valence-corrected chi connectivity index (χ0v) is 21.6. The molecule has 10 nitrogen and oxygen atoms in total. The molecular formula is C26H45N3O7. The smallest absolute Gasteiger partial charge is 0.136 e. The molecule has 0 bridgehead atoms. The van der Waals surface area contributed by atoms with Crippen LogP contribution in [0.2, 0.25) is 0 Å².